The predicted octanol–water partition coefficient (Wildman–Crippen LogP) is 2.63. The maximum atomic E-state index is 5.69. The highest BCUT2D eigenvalue weighted by molar-refractivity contribution is 5.80. The van der Waals surface area contributed by atoms with Gasteiger partial charge in [-0.1, -0.05) is 30.3 Å². The van der Waals surface area contributed by atoms with Gasteiger partial charge in [0.15, 0.2) is 5.96 Å². The van der Waals surface area contributed by atoms with E-state index >= 15 is 0 Å². The minimum Gasteiger partial charge on any atom is -0.379 e. The number of guanidine groups is 1. The molecule has 0 radical (unpaired) electrons. The average Bonchev–Trinajstić information content (AvgIpc) is 3.40. The maximum Gasteiger partial charge on any atom is 0.191 e. The lowest BCUT2D eigenvalue weighted by atomic mass is 10.2. The second-order valence-corrected chi connectivity index (χ2v) is 7.62. The Bertz CT molecular complexity index is 558. The first kappa shape index (κ1) is 19.2. The van der Waals surface area contributed by atoms with Gasteiger partial charge in [0, 0.05) is 38.3 Å². The third-order valence-corrected chi connectivity index (χ3v) is 5.17. The van der Waals surface area contributed by atoms with Gasteiger partial charge in [0.25, 0.3) is 0 Å². The highest BCUT2D eigenvalue weighted by Crippen LogP contribution is 2.28. The van der Waals surface area contributed by atoms with Gasteiger partial charge >= 0.3 is 0 Å². The summed E-state index contributed by atoms with van der Waals surface area (Å²) in [4.78, 5) is 7.23. The lowest BCUT2D eigenvalue weighted by Crippen LogP contribution is -2.44. The summed E-state index contributed by atoms with van der Waals surface area (Å²) in [5.74, 6) is 1.74. The Morgan fingerprint density at radius 3 is 2.81 bits per heavy atom. The van der Waals surface area contributed by atoms with Gasteiger partial charge in [-0.05, 0) is 44.6 Å². The molecule has 2 N–H and O–H groups in total. The van der Waals surface area contributed by atoms with Gasteiger partial charge in [-0.15, -0.1) is 0 Å². The molecule has 1 aromatic carbocycles. The molecule has 2 aliphatic rings. The molecule has 144 valence electrons. The summed E-state index contributed by atoms with van der Waals surface area (Å²) in [7, 11) is 0. The van der Waals surface area contributed by atoms with E-state index in [0.717, 1.165) is 51.1 Å². The van der Waals surface area contributed by atoms with E-state index in [2.05, 4.69) is 64.7 Å². The molecular weight excluding hydrogens is 324 g/mol. The molecule has 0 amide bonds. The van der Waals surface area contributed by atoms with E-state index in [0.29, 0.717) is 18.7 Å². The van der Waals surface area contributed by atoms with Crippen molar-refractivity contribution in [1.29, 1.82) is 0 Å². The first-order chi connectivity index (χ1) is 12.7. The van der Waals surface area contributed by atoms with Crippen molar-refractivity contribution in [3.8, 4) is 0 Å². The Kier molecular flexibility index (Phi) is 7.32. The number of nitrogens with zero attached hydrogens (tertiary/aromatic N) is 2. The van der Waals surface area contributed by atoms with Crippen molar-refractivity contribution in [3.63, 3.8) is 0 Å². The van der Waals surface area contributed by atoms with Crippen molar-refractivity contribution < 1.29 is 4.74 Å². The van der Waals surface area contributed by atoms with Gasteiger partial charge in [-0.25, -0.2) is 0 Å². The van der Waals surface area contributed by atoms with E-state index in [4.69, 9.17) is 4.74 Å². The van der Waals surface area contributed by atoms with Crippen molar-refractivity contribution >= 4 is 5.96 Å². The topological polar surface area (TPSA) is 48.9 Å². The van der Waals surface area contributed by atoms with Crippen LogP contribution in [0, 0.1) is 5.92 Å². The van der Waals surface area contributed by atoms with Crippen molar-refractivity contribution in [2.45, 2.75) is 51.7 Å². The molecular formula is C21H34N4O. The molecule has 0 bridgehead atoms. The number of likely N-dealkylation sites (tertiary alicyclic amines) is 1. The second-order valence-electron chi connectivity index (χ2n) is 7.62. The molecule has 2 atom stereocenters. The third kappa shape index (κ3) is 6.29. The molecule has 1 saturated heterocycles. The zero-order valence-electron chi connectivity index (χ0n) is 16.3. The summed E-state index contributed by atoms with van der Waals surface area (Å²) >= 11 is 0. The van der Waals surface area contributed by atoms with Crippen molar-refractivity contribution in [3.05, 3.63) is 35.9 Å². The number of hydrogen-bond acceptors (Lipinski definition) is 3. The highest BCUT2D eigenvalue weighted by atomic mass is 16.5. The molecule has 1 aliphatic heterocycles. The number of hydrogen-bond donors (Lipinski definition) is 2. The van der Waals surface area contributed by atoms with E-state index in [-0.39, 0.29) is 0 Å². The van der Waals surface area contributed by atoms with Crippen molar-refractivity contribution in [1.82, 2.24) is 15.5 Å². The molecule has 2 fully saturated rings. The van der Waals surface area contributed by atoms with Crippen LogP contribution >= 0.6 is 0 Å². The quantitative estimate of drug-likeness (QED) is 0.405. The molecule has 3 rings (SSSR count). The van der Waals surface area contributed by atoms with E-state index in [1.165, 1.54) is 18.4 Å². The lowest BCUT2D eigenvalue weighted by Gasteiger charge is -2.21. The summed E-state index contributed by atoms with van der Waals surface area (Å²) in [5.41, 5.74) is 1.38. The number of aliphatic imine (C=N–C) groups is 1. The number of rotatable bonds is 9. The molecule has 5 nitrogen and oxygen atoms in total. The first-order valence-electron chi connectivity index (χ1n) is 10.1. The normalized spacial score (nSPS) is 24.0. The fraction of sp³-hybridized carbons (Fsp3) is 0.667. The standard InChI is InChI=1S/C21H34N4O/c1-3-22-21(23-11-12-26-16-19-9-10-19)24-20-13-17(2)25(15-20)14-18-7-5-4-6-8-18/h4-8,17,19-20H,3,9-16H2,1-2H3,(H2,22,23,24). The van der Waals surface area contributed by atoms with Gasteiger partial charge in [-0.2, -0.15) is 0 Å². The number of nitrogens with one attached hydrogen (secondary N) is 2. The SMILES string of the molecule is CCNC(=NCCOCC1CC1)NC1CC(C)N(Cc2ccccc2)C1. The van der Waals surface area contributed by atoms with Crippen LogP contribution in [-0.2, 0) is 11.3 Å². The van der Waals surface area contributed by atoms with E-state index in [1.807, 2.05) is 0 Å². The van der Waals surface area contributed by atoms with Crippen LogP contribution in [-0.4, -0.2) is 55.8 Å². The Hall–Kier alpha value is -1.59. The lowest BCUT2D eigenvalue weighted by molar-refractivity contribution is 0.131. The van der Waals surface area contributed by atoms with Crippen LogP contribution in [0.5, 0.6) is 0 Å². The van der Waals surface area contributed by atoms with Crippen LogP contribution in [0.3, 0.4) is 0 Å². The Labute approximate surface area is 158 Å². The monoisotopic (exact) mass is 358 g/mol. The average molecular weight is 359 g/mol. The predicted molar refractivity (Wildman–Crippen MR) is 107 cm³/mol. The molecule has 0 spiro atoms. The fourth-order valence-electron chi connectivity index (χ4n) is 3.51. The summed E-state index contributed by atoms with van der Waals surface area (Å²) in [6.45, 7) is 9.73. The molecule has 1 saturated carbocycles. The third-order valence-electron chi connectivity index (χ3n) is 5.17. The number of ether oxygens (including phenoxy) is 1. The van der Waals surface area contributed by atoms with E-state index < -0.39 is 0 Å². The van der Waals surface area contributed by atoms with Gasteiger partial charge in [0.1, 0.15) is 0 Å². The van der Waals surface area contributed by atoms with Crippen LogP contribution in [0.4, 0.5) is 0 Å². The highest BCUT2D eigenvalue weighted by Gasteiger charge is 2.29. The van der Waals surface area contributed by atoms with Gasteiger partial charge in [0.2, 0.25) is 0 Å². The zero-order valence-corrected chi connectivity index (χ0v) is 16.3. The molecule has 1 aliphatic carbocycles. The molecule has 1 aromatic rings. The van der Waals surface area contributed by atoms with Crippen molar-refractivity contribution in [2.75, 3.05) is 32.8 Å². The van der Waals surface area contributed by atoms with Crippen LogP contribution in [0.15, 0.2) is 35.3 Å². The molecule has 0 aromatic heterocycles. The second kappa shape index (κ2) is 9.93. The Balaban J connectivity index is 1.44. The summed E-state index contributed by atoms with van der Waals surface area (Å²) in [5, 5.41) is 6.98. The fourth-order valence-corrected chi connectivity index (χ4v) is 3.51. The van der Waals surface area contributed by atoms with Crippen LogP contribution < -0.4 is 10.6 Å². The first-order valence-corrected chi connectivity index (χ1v) is 10.1. The Morgan fingerprint density at radius 2 is 2.08 bits per heavy atom. The van der Waals surface area contributed by atoms with Crippen LogP contribution in [0.1, 0.15) is 38.7 Å². The summed E-state index contributed by atoms with van der Waals surface area (Å²) in [6, 6.07) is 11.8. The molecule has 26 heavy (non-hydrogen) atoms. The maximum absolute atomic E-state index is 5.69. The van der Waals surface area contributed by atoms with Crippen molar-refractivity contribution in [2.24, 2.45) is 10.9 Å². The summed E-state index contributed by atoms with van der Waals surface area (Å²) < 4.78 is 5.69. The van der Waals surface area contributed by atoms with Gasteiger partial charge in [-0.3, -0.25) is 9.89 Å². The molecule has 1 heterocycles. The summed E-state index contributed by atoms with van der Waals surface area (Å²) in [6.07, 6.45) is 3.83. The Morgan fingerprint density at radius 1 is 1.27 bits per heavy atom. The zero-order chi connectivity index (χ0) is 18.2. The van der Waals surface area contributed by atoms with E-state index in [1.54, 1.807) is 0 Å². The van der Waals surface area contributed by atoms with Crippen LogP contribution in [0.2, 0.25) is 0 Å². The smallest absolute Gasteiger partial charge is 0.191 e. The minimum absolute atomic E-state index is 0.443. The van der Waals surface area contributed by atoms with Gasteiger partial charge < -0.3 is 15.4 Å². The van der Waals surface area contributed by atoms with E-state index in [9.17, 15) is 0 Å². The molecule has 2 unspecified atom stereocenters. The van der Waals surface area contributed by atoms with Gasteiger partial charge in [0.05, 0.1) is 13.2 Å². The largest absolute Gasteiger partial charge is 0.379 e. The number of benzene rings is 1. The minimum atomic E-state index is 0.443. The molecule has 5 heteroatoms. The van der Waals surface area contributed by atoms with Crippen LogP contribution in [0.25, 0.3) is 0 Å².